The zero-order valence-electron chi connectivity index (χ0n) is 10.1. The first-order valence-corrected chi connectivity index (χ1v) is 5.84. The molecule has 0 saturated heterocycles. The number of halogens is 1. The van der Waals surface area contributed by atoms with Crippen molar-refractivity contribution >= 4 is 23.2 Å². The SMILES string of the molecule is CC(C)C(C)C(=O)Nc1ccc(C#N)cc1Cl. The van der Waals surface area contributed by atoms with E-state index >= 15 is 0 Å². The third kappa shape index (κ3) is 3.47. The normalized spacial score (nSPS) is 12.0. The van der Waals surface area contributed by atoms with Crippen LogP contribution in [0.1, 0.15) is 26.3 Å². The minimum atomic E-state index is -0.0817. The van der Waals surface area contributed by atoms with E-state index in [1.54, 1.807) is 12.1 Å². The molecule has 0 radical (unpaired) electrons. The lowest BCUT2D eigenvalue weighted by molar-refractivity contribution is -0.120. The molecule has 0 spiro atoms. The van der Waals surface area contributed by atoms with Gasteiger partial charge in [-0.2, -0.15) is 5.26 Å². The van der Waals surface area contributed by atoms with Crippen molar-refractivity contribution in [1.29, 1.82) is 5.26 Å². The van der Waals surface area contributed by atoms with Crippen LogP contribution < -0.4 is 5.32 Å². The van der Waals surface area contributed by atoms with Crippen molar-refractivity contribution in [2.24, 2.45) is 11.8 Å². The van der Waals surface area contributed by atoms with E-state index in [9.17, 15) is 4.79 Å². The summed E-state index contributed by atoms with van der Waals surface area (Å²) in [4.78, 5) is 11.8. The Bertz CT molecular complexity index is 463. The Labute approximate surface area is 106 Å². The number of nitriles is 1. The summed E-state index contributed by atoms with van der Waals surface area (Å²) in [5.74, 6) is 0.125. The van der Waals surface area contributed by atoms with E-state index in [2.05, 4.69) is 5.32 Å². The number of hydrogen-bond acceptors (Lipinski definition) is 2. The monoisotopic (exact) mass is 250 g/mol. The van der Waals surface area contributed by atoms with Crippen molar-refractivity contribution < 1.29 is 4.79 Å². The van der Waals surface area contributed by atoms with Crippen LogP contribution in [-0.4, -0.2) is 5.91 Å². The average molecular weight is 251 g/mol. The van der Waals surface area contributed by atoms with Crippen LogP contribution in [0.3, 0.4) is 0 Å². The van der Waals surface area contributed by atoms with Crippen LogP contribution in [0.25, 0.3) is 0 Å². The van der Waals surface area contributed by atoms with Gasteiger partial charge in [-0.1, -0.05) is 32.4 Å². The summed E-state index contributed by atoms with van der Waals surface area (Å²) in [6.07, 6.45) is 0. The van der Waals surface area contributed by atoms with Crippen molar-refractivity contribution in [1.82, 2.24) is 0 Å². The second-order valence-corrected chi connectivity index (χ2v) is 4.74. The summed E-state index contributed by atoms with van der Waals surface area (Å²) in [6, 6.07) is 6.80. The molecule has 0 bridgehead atoms. The summed E-state index contributed by atoms with van der Waals surface area (Å²) in [5.41, 5.74) is 1.02. The van der Waals surface area contributed by atoms with Gasteiger partial charge < -0.3 is 5.32 Å². The Morgan fingerprint density at radius 2 is 2.06 bits per heavy atom. The maximum Gasteiger partial charge on any atom is 0.227 e. The summed E-state index contributed by atoms with van der Waals surface area (Å²) in [6.45, 7) is 5.85. The lowest BCUT2D eigenvalue weighted by Crippen LogP contribution is -2.24. The molecule has 1 N–H and O–H groups in total. The fraction of sp³-hybridized carbons (Fsp3) is 0.385. The minimum absolute atomic E-state index is 0.0633. The van der Waals surface area contributed by atoms with Crippen molar-refractivity contribution in [3.63, 3.8) is 0 Å². The second-order valence-electron chi connectivity index (χ2n) is 4.33. The van der Waals surface area contributed by atoms with Gasteiger partial charge >= 0.3 is 0 Å². The number of nitrogens with zero attached hydrogens (tertiary/aromatic N) is 1. The maximum atomic E-state index is 11.8. The molecule has 17 heavy (non-hydrogen) atoms. The molecule has 0 saturated carbocycles. The van der Waals surface area contributed by atoms with Crippen molar-refractivity contribution in [3.8, 4) is 6.07 Å². The number of benzene rings is 1. The van der Waals surface area contributed by atoms with Gasteiger partial charge in [-0.25, -0.2) is 0 Å². The van der Waals surface area contributed by atoms with E-state index in [4.69, 9.17) is 16.9 Å². The van der Waals surface area contributed by atoms with E-state index in [-0.39, 0.29) is 17.7 Å². The third-order valence-electron chi connectivity index (χ3n) is 2.77. The number of carbonyl (C=O) groups is 1. The first kappa shape index (κ1) is 13.5. The van der Waals surface area contributed by atoms with Gasteiger partial charge in [-0.15, -0.1) is 0 Å². The molecule has 1 aromatic rings. The first-order valence-electron chi connectivity index (χ1n) is 5.46. The molecule has 3 nitrogen and oxygen atoms in total. The fourth-order valence-corrected chi connectivity index (χ4v) is 1.46. The highest BCUT2D eigenvalue weighted by Crippen LogP contribution is 2.24. The number of nitrogens with one attached hydrogen (secondary N) is 1. The van der Waals surface area contributed by atoms with Gasteiger partial charge in [0.1, 0.15) is 0 Å². The lowest BCUT2D eigenvalue weighted by Gasteiger charge is -2.15. The molecule has 90 valence electrons. The van der Waals surface area contributed by atoms with E-state index in [0.29, 0.717) is 16.3 Å². The predicted octanol–water partition coefficient (Wildman–Crippen LogP) is 3.44. The Morgan fingerprint density at radius 3 is 2.53 bits per heavy atom. The molecule has 0 aliphatic rings. The van der Waals surface area contributed by atoms with Crippen molar-refractivity contribution in [2.75, 3.05) is 5.32 Å². The molecule has 0 aliphatic heterocycles. The number of amides is 1. The minimum Gasteiger partial charge on any atom is -0.325 e. The van der Waals surface area contributed by atoms with Gasteiger partial charge in [-0.3, -0.25) is 4.79 Å². The standard InChI is InChI=1S/C13H15ClN2O/c1-8(2)9(3)13(17)16-12-5-4-10(7-15)6-11(12)14/h4-6,8-9H,1-3H3,(H,16,17). The second kappa shape index (κ2) is 5.70. The van der Waals surface area contributed by atoms with Gasteiger partial charge in [0.15, 0.2) is 0 Å². The molecular weight excluding hydrogens is 236 g/mol. The molecule has 1 aromatic carbocycles. The predicted molar refractivity (Wildman–Crippen MR) is 68.8 cm³/mol. The van der Waals surface area contributed by atoms with Crippen LogP contribution in [0.5, 0.6) is 0 Å². The molecule has 0 aromatic heterocycles. The molecule has 0 aliphatic carbocycles. The Morgan fingerprint density at radius 1 is 1.41 bits per heavy atom. The highest BCUT2D eigenvalue weighted by molar-refractivity contribution is 6.33. The average Bonchev–Trinajstić information content (AvgIpc) is 2.30. The smallest absolute Gasteiger partial charge is 0.227 e. The van der Waals surface area contributed by atoms with Crippen LogP contribution >= 0.6 is 11.6 Å². The summed E-state index contributed by atoms with van der Waals surface area (Å²) in [5, 5.41) is 11.8. The molecule has 1 unspecified atom stereocenters. The fourth-order valence-electron chi connectivity index (χ4n) is 1.24. The van der Waals surface area contributed by atoms with Gasteiger partial charge in [0.05, 0.1) is 22.3 Å². The topological polar surface area (TPSA) is 52.9 Å². The number of carbonyl (C=O) groups excluding carboxylic acids is 1. The Kier molecular flexibility index (Phi) is 4.53. The summed E-state index contributed by atoms with van der Waals surface area (Å²) < 4.78 is 0. The van der Waals surface area contributed by atoms with Crippen LogP contribution in [-0.2, 0) is 4.79 Å². The molecule has 0 fully saturated rings. The zero-order valence-corrected chi connectivity index (χ0v) is 10.9. The lowest BCUT2D eigenvalue weighted by atomic mass is 9.97. The third-order valence-corrected chi connectivity index (χ3v) is 3.08. The molecular formula is C13H15ClN2O. The van der Waals surface area contributed by atoms with E-state index in [0.717, 1.165) is 0 Å². The van der Waals surface area contributed by atoms with E-state index in [1.807, 2.05) is 26.8 Å². The number of rotatable bonds is 3. The van der Waals surface area contributed by atoms with E-state index < -0.39 is 0 Å². The van der Waals surface area contributed by atoms with Crippen LogP contribution in [0.4, 0.5) is 5.69 Å². The Hall–Kier alpha value is -1.53. The highest BCUT2D eigenvalue weighted by Gasteiger charge is 2.17. The molecule has 1 atom stereocenters. The van der Waals surface area contributed by atoms with Crippen LogP contribution in [0, 0.1) is 23.2 Å². The largest absolute Gasteiger partial charge is 0.325 e. The van der Waals surface area contributed by atoms with E-state index in [1.165, 1.54) is 6.07 Å². The number of hydrogen-bond donors (Lipinski definition) is 1. The molecule has 1 amide bonds. The van der Waals surface area contributed by atoms with Crippen molar-refractivity contribution in [3.05, 3.63) is 28.8 Å². The molecule has 4 heteroatoms. The zero-order chi connectivity index (χ0) is 13.0. The highest BCUT2D eigenvalue weighted by atomic mass is 35.5. The Balaban J connectivity index is 2.83. The van der Waals surface area contributed by atoms with Crippen LogP contribution in [0.2, 0.25) is 5.02 Å². The van der Waals surface area contributed by atoms with Gasteiger partial charge in [0, 0.05) is 5.92 Å². The van der Waals surface area contributed by atoms with Crippen LogP contribution in [0.15, 0.2) is 18.2 Å². The summed E-state index contributed by atoms with van der Waals surface area (Å²) in [7, 11) is 0. The summed E-state index contributed by atoms with van der Waals surface area (Å²) >= 11 is 5.97. The molecule has 0 heterocycles. The maximum absolute atomic E-state index is 11.8. The first-order chi connectivity index (χ1) is 7.95. The van der Waals surface area contributed by atoms with Gasteiger partial charge in [0.2, 0.25) is 5.91 Å². The van der Waals surface area contributed by atoms with Gasteiger partial charge in [-0.05, 0) is 24.1 Å². The number of anilines is 1. The van der Waals surface area contributed by atoms with Gasteiger partial charge in [0.25, 0.3) is 0 Å². The molecule has 1 rings (SSSR count). The quantitative estimate of drug-likeness (QED) is 0.893. The van der Waals surface area contributed by atoms with Crippen molar-refractivity contribution in [2.45, 2.75) is 20.8 Å².